The molecular formula is C25H27ClN6O2Si. The Labute approximate surface area is 209 Å². The highest BCUT2D eigenvalue weighted by Gasteiger charge is 2.17. The fraction of sp³-hybridized carbons (Fsp3) is 0.280. The van der Waals surface area contributed by atoms with Crippen molar-refractivity contribution < 1.29 is 9.47 Å². The fourth-order valence-electron chi connectivity index (χ4n) is 3.69. The minimum Gasteiger partial charge on any atom is -0.489 e. The van der Waals surface area contributed by atoms with E-state index in [0.29, 0.717) is 36.9 Å². The number of benzene rings is 2. The van der Waals surface area contributed by atoms with Crippen LogP contribution in [-0.2, 0) is 18.1 Å². The zero-order valence-electron chi connectivity index (χ0n) is 20.0. The summed E-state index contributed by atoms with van der Waals surface area (Å²) in [5, 5.41) is 0.134. The molecule has 0 radical (unpaired) electrons. The van der Waals surface area contributed by atoms with Gasteiger partial charge in [-0.2, -0.15) is 9.97 Å². The number of rotatable bonds is 9. The van der Waals surface area contributed by atoms with Gasteiger partial charge in [0, 0.05) is 20.7 Å². The van der Waals surface area contributed by atoms with Crippen molar-refractivity contribution in [1.29, 1.82) is 0 Å². The van der Waals surface area contributed by atoms with E-state index in [1.807, 2.05) is 57.7 Å². The van der Waals surface area contributed by atoms with Crippen molar-refractivity contribution >= 4 is 41.9 Å². The second-order valence-electron chi connectivity index (χ2n) is 9.59. The van der Waals surface area contributed by atoms with Crippen molar-refractivity contribution in [2.75, 3.05) is 6.61 Å². The number of aromatic nitrogens is 6. The maximum Gasteiger partial charge on any atom is 0.226 e. The van der Waals surface area contributed by atoms with Crippen LogP contribution in [-0.4, -0.2) is 43.8 Å². The molecule has 180 valence electrons. The van der Waals surface area contributed by atoms with Gasteiger partial charge in [0.15, 0.2) is 17.0 Å². The number of ether oxygens (including phenoxy) is 2. The zero-order valence-corrected chi connectivity index (χ0v) is 21.7. The molecule has 0 unspecified atom stereocenters. The number of hydrogen-bond donors (Lipinski definition) is 0. The van der Waals surface area contributed by atoms with Crippen molar-refractivity contribution in [2.45, 2.75) is 39.0 Å². The lowest BCUT2D eigenvalue weighted by molar-refractivity contribution is 0.0895. The van der Waals surface area contributed by atoms with Crippen LogP contribution in [0.15, 0.2) is 61.2 Å². The first-order valence-corrected chi connectivity index (χ1v) is 15.6. The van der Waals surface area contributed by atoms with Crippen LogP contribution in [0.5, 0.6) is 5.75 Å². The molecule has 0 spiro atoms. The molecule has 5 aromatic rings. The van der Waals surface area contributed by atoms with Gasteiger partial charge in [0.25, 0.3) is 0 Å². The Morgan fingerprint density at radius 1 is 0.971 bits per heavy atom. The molecular weight excluding hydrogens is 480 g/mol. The molecule has 0 saturated carbocycles. The summed E-state index contributed by atoms with van der Waals surface area (Å²) in [4.78, 5) is 18.0. The minimum absolute atomic E-state index is 0.134. The van der Waals surface area contributed by atoms with Crippen LogP contribution in [0.2, 0.25) is 31.0 Å². The fourth-order valence-corrected chi connectivity index (χ4v) is 4.61. The van der Waals surface area contributed by atoms with Crippen LogP contribution < -0.4 is 4.74 Å². The highest BCUT2D eigenvalue weighted by atomic mass is 35.5. The van der Waals surface area contributed by atoms with Crippen LogP contribution in [0.25, 0.3) is 28.0 Å². The Kier molecular flexibility index (Phi) is 6.55. The lowest BCUT2D eigenvalue weighted by Gasteiger charge is -2.15. The van der Waals surface area contributed by atoms with E-state index in [1.165, 1.54) is 0 Å². The van der Waals surface area contributed by atoms with Crippen molar-refractivity contribution in [3.8, 4) is 11.6 Å². The number of hydrogen-bond acceptors (Lipinski definition) is 6. The monoisotopic (exact) mass is 506 g/mol. The summed E-state index contributed by atoms with van der Waals surface area (Å²) in [6.45, 7) is 8.53. The quantitative estimate of drug-likeness (QED) is 0.145. The molecule has 2 aromatic carbocycles. The van der Waals surface area contributed by atoms with E-state index >= 15 is 0 Å². The molecule has 0 amide bonds. The maximum atomic E-state index is 6.33. The molecule has 8 nitrogen and oxygen atoms in total. The standard InChI is InChI=1S/C25H27ClN6O2Si/c1-35(2,3)12-11-33-17-31-15-28-22-23(31)29-25(26)30-24(22)32-16-27-20-10-9-19(13-21(20)32)34-14-18-7-5-4-6-8-18/h4-10,13,15-16H,11-12,14,17H2,1-3H3. The summed E-state index contributed by atoms with van der Waals surface area (Å²) >= 11 is 6.33. The van der Waals surface area contributed by atoms with Gasteiger partial charge in [-0.1, -0.05) is 50.0 Å². The third-order valence-corrected chi connectivity index (χ3v) is 7.51. The largest absolute Gasteiger partial charge is 0.489 e. The van der Waals surface area contributed by atoms with Gasteiger partial charge in [-0.05, 0) is 35.3 Å². The summed E-state index contributed by atoms with van der Waals surface area (Å²) in [5.41, 5.74) is 3.99. The Bertz CT molecular complexity index is 1460. The number of halogens is 1. The Morgan fingerprint density at radius 3 is 2.60 bits per heavy atom. The van der Waals surface area contributed by atoms with Gasteiger partial charge < -0.3 is 9.47 Å². The molecule has 0 N–H and O–H groups in total. The molecule has 0 aliphatic rings. The second-order valence-corrected chi connectivity index (χ2v) is 15.5. The molecule has 0 saturated heterocycles. The second kappa shape index (κ2) is 9.77. The summed E-state index contributed by atoms with van der Waals surface area (Å²) in [5.74, 6) is 1.30. The third-order valence-electron chi connectivity index (χ3n) is 5.64. The summed E-state index contributed by atoms with van der Waals surface area (Å²) in [7, 11) is -1.16. The third kappa shape index (κ3) is 5.37. The number of nitrogens with zero attached hydrogens (tertiary/aromatic N) is 6. The smallest absolute Gasteiger partial charge is 0.226 e. The lowest BCUT2D eigenvalue weighted by atomic mass is 10.2. The molecule has 0 aliphatic carbocycles. The van der Waals surface area contributed by atoms with Crippen molar-refractivity contribution in [2.24, 2.45) is 0 Å². The molecule has 3 heterocycles. The average molecular weight is 507 g/mol. The van der Waals surface area contributed by atoms with E-state index in [9.17, 15) is 0 Å². The van der Waals surface area contributed by atoms with Gasteiger partial charge in [0.05, 0.1) is 17.4 Å². The predicted octanol–water partition coefficient (Wildman–Crippen LogP) is 5.71. The summed E-state index contributed by atoms with van der Waals surface area (Å²) in [6.07, 6.45) is 3.43. The first-order valence-electron chi connectivity index (χ1n) is 11.5. The molecule has 0 aliphatic heterocycles. The molecule has 10 heteroatoms. The van der Waals surface area contributed by atoms with E-state index in [-0.39, 0.29) is 5.28 Å². The molecule has 35 heavy (non-hydrogen) atoms. The van der Waals surface area contributed by atoms with E-state index in [1.54, 1.807) is 12.7 Å². The van der Waals surface area contributed by atoms with Crippen molar-refractivity contribution in [3.63, 3.8) is 0 Å². The molecule has 5 rings (SSSR count). The Hall–Kier alpha value is -3.27. The van der Waals surface area contributed by atoms with Crippen LogP contribution in [0, 0.1) is 0 Å². The highest BCUT2D eigenvalue weighted by Crippen LogP contribution is 2.27. The SMILES string of the molecule is C[Si](C)(C)CCOCn1cnc2c(-n3cnc4ccc(OCc5ccccc5)cc43)nc(Cl)nc21. The van der Waals surface area contributed by atoms with Crippen LogP contribution in [0.3, 0.4) is 0 Å². The van der Waals surface area contributed by atoms with E-state index in [0.717, 1.165) is 28.4 Å². The average Bonchev–Trinajstić information content (AvgIpc) is 3.44. The first kappa shape index (κ1) is 23.5. The first-order chi connectivity index (χ1) is 16.9. The maximum absolute atomic E-state index is 6.33. The van der Waals surface area contributed by atoms with Crippen LogP contribution in [0.1, 0.15) is 5.56 Å². The number of fused-ring (bicyclic) bond motifs is 2. The normalized spacial score (nSPS) is 12.0. The van der Waals surface area contributed by atoms with Gasteiger partial charge in [-0.25, -0.2) is 9.97 Å². The van der Waals surface area contributed by atoms with Gasteiger partial charge in [0.1, 0.15) is 25.4 Å². The topological polar surface area (TPSA) is 79.9 Å². The zero-order chi connectivity index (χ0) is 24.4. The van der Waals surface area contributed by atoms with Gasteiger partial charge in [0.2, 0.25) is 5.28 Å². The van der Waals surface area contributed by atoms with Crippen LogP contribution >= 0.6 is 11.6 Å². The molecule has 0 bridgehead atoms. The Morgan fingerprint density at radius 2 is 1.80 bits per heavy atom. The molecule has 3 aromatic heterocycles. The van der Waals surface area contributed by atoms with Gasteiger partial charge in [-0.3, -0.25) is 9.13 Å². The summed E-state index contributed by atoms with van der Waals surface area (Å²) in [6, 6.07) is 16.9. The van der Waals surface area contributed by atoms with Gasteiger partial charge >= 0.3 is 0 Å². The van der Waals surface area contributed by atoms with E-state index in [4.69, 9.17) is 21.1 Å². The van der Waals surface area contributed by atoms with E-state index < -0.39 is 8.07 Å². The van der Waals surface area contributed by atoms with Gasteiger partial charge in [-0.15, -0.1) is 0 Å². The summed E-state index contributed by atoms with van der Waals surface area (Å²) < 4.78 is 15.6. The Balaban J connectivity index is 1.43. The highest BCUT2D eigenvalue weighted by molar-refractivity contribution is 6.76. The lowest BCUT2D eigenvalue weighted by Crippen LogP contribution is -2.22. The minimum atomic E-state index is -1.16. The van der Waals surface area contributed by atoms with E-state index in [2.05, 4.69) is 39.6 Å². The van der Waals surface area contributed by atoms with Crippen molar-refractivity contribution in [3.05, 3.63) is 72.0 Å². The predicted molar refractivity (Wildman–Crippen MR) is 140 cm³/mol. The van der Waals surface area contributed by atoms with Crippen LogP contribution in [0.4, 0.5) is 0 Å². The molecule has 0 atom stereocenters. The molecule has 0 fully saturated rings. The number of imidazole rings is 2. The van der Waals surface area contributed by atoms with Crippen molar-refractivity contribution in [1.82, 2.24) is 29.1 Å².